The van der Waals surface area contributed by atoms with Gasteiger partial charge in [0.25, 0.3) is 0 Å². The van der Waals surface area contributed by atoms with Crippen molar-refractivity contribution in [3.8, 4) is 0 Å². The average Bonchev–Trinajstić information content (AvgIpc) is 2.60. The second kappa shape index (κ2) is 10.8. The molecule has 0 aliphatic carbocycles. The van der Waals surface area contributed by atoms with Crippen LogP contribution < -0.4 is 5.32 Å². The molecule has 1 heterocycles. The molecule has 1 rings (SSSR count). The molecule has 1 aliphatic rings. The van der Waals surface area contributed by atoms with Gasteiger partial charge in [-0.05, 0) is 51.2 Å². The minimum atomic E-state index is 1.01. The number of likely N-dealkylation sites (tertiary alicyclic amines) is 1. The lowest BCUT2D eigenvalue weighted by atomic mass is 9.96. The van der Waals surface area contributed by atoms with Crippen LogP contribution in [-0.4, -0.2) is 37.6 Å². The summed E-state index contributed by atoms with van der Waals surface area (Å²) in [6, 6.07) is 0. The Balaban J connectivity index is 2.01. The van der Waals surface area contributed by atoms with Crippen molar-refractivity contribution < 1.29 is 0 Å². The maximum atomic E-state index is 3.58. The van der Waals surface area contributed by atoms with E-state index in [1.807, 2.05) is 0 Å². The zero-order chi connectivity index (χ0) is 13.1. The maximum absolute atomic E-state index is 3.58. The topological polar surface area (TPSA) is 15.3 Å². The van der Waals surface area contributed by atoms with E-state index in [1.165, 1.54) is 84.1 Å². The molecule has 108 valence electrons. The van der Waals surface area contributed by atoms with E-state index in [0.29, 0.717) is 0 Å². The molecule has 0 bridgehead atoms. The van der Waals surface area contributed by atoms with Gasteiger partial charge in [0.2, 0.25) is 0 Å². The Morgan fingerprint density at radius 1 is 1.00 bits per heavy atom. The van der Waals surface area contributed by atoms with Crippen LogP contribution in [0.4, 0.5) is 0 Å². The van der Waals surface area contributed by atoms with Gasteiger partial charge in [-0.15, -0.1) is 0 Å². The molecule has 0 amide bonds. The third-order valence-corrected chi connectivity index (χ3v) is 4.20. The Hall–Kier alpha value is -0.0800. The van der Waals surface area contributed by atoms with Crippen molar-refractivity contribution in [1.82, 2.24) is 10.2 Å². The second-order valence-electron chi connectivity index (χ2n) is 5.88. The average molecular weight is 254 g/mol. The van der Waals surface area contributed by atoms with Gasteiger partial charge in [0.05, 0.1) is 0 Å². The first-order valence-electron chi connectivity index (χ1n) is 8.29. The summed E-state index contributed by atoms with van der Waals surface area (Å²) in [6.07, 6.45) is 11.2. The maximum Gasteiger partial charge on any atom is 0.0107 e. The number of rotatable bonds is 9. The molecule has 0 spiro atoms. The van der Waals surface area contributed by atoms with Crippen LogP contribution in [0.2, 0.25) is 0 Å². The summed E-state index contributed by atoms with van der Waals surface area (Å²) in [7, 11) is 0. The van der Waals surface area contributed by atoms with E-state index >= 15 is 0 Å². The van der Waals surface area contributed by atoms with Crippen LogP contribution in [0.25, 0.3) is 0 Å². The highest BCUT2D eigenvalue weighted by atomic mass is 15.1. The molecule has 2 heteroatoms. The molecule has 0 saturated carbocycles. The van der Waals surface area contributed by atoms with E-state index in [0.717, 1.165) is 5.92 Å². The lowest BCUT2D eigenvalue weighted by molar-refractivity contribution is 0.278. The molecule has 0 aromatic carbocycles. The van der Waals surface area contributed by atoms with E-state index in [9.17, 15) is 0 Å². The SMILES string of the molecule is CCCCCNCCN1CCCC(CCC)CC1. The third kappa shape index (κ3) is 7.38. The van der Waals surface area contributed by atoms with Gasteiger partial charge >= 0.3 is 0 Å². The molecule has 1 aliphatic heterocycles. The van der Waals surface area contributed by atoms with Crippen LogP contribution in [0.5, 0.6) is 0 Å². The summed E-state index contributed by atoms with van der Waals surface area (Å²) in [5, 5.41) is 3.58. The number of unbranched alkanes of at least 4 members (excludes halogenated alkanes) is 2. The predicted molar refractivity (Wildman–Crippen MR) is 81.1 cm³/mol. The van der Waals surface area contributed by atoms with Crippen LogP contribution in [0.1, 0.15) is 65.2 Å². The van der Waals surface area contributed by atoms with Crippen molar-refractivity contribution >= 4 is 0 Å². The van der Waals surface area contributed by atoms with Crippen LogP contribution in [0.15, 0.2) is 0 Å². The van der Waals surface area contributed by atoms with Crippen molar-refractivity contribution in [2.75, 3.05) is 32.7 Å². The molecule has 1 atom stereocenters. The first-order valence-corrected chi connectivity index (χ1v) is 8.29. The fourth-order valence-corrected chi connectivity index (χ4v) is 3.01. The fraction of sp³-hybridized carbons (Fsp3) is 1.00. The standard InChI is InChI=1S/C16H34N2/c1-3-5-6-11-17-12-15-18-13-7-9-16(8-4-2)10-14-18/h16-17H,3-15H2,1-2H3. The molecule has 1 saturated heterocycles. The van der Waals surface area contributed by atoms with Gasteiger partial charge in [-0.3, -0.25) is 0 Å². The van der Waals surface area contributed by atoms with Crippen molar-refractivity contribution in [2.24, 2.45) is 5.92 Å². The Labute approximate surface area is 115 Å². The Bertz CT molecular complexity index is 182. The molecular formula is C16H34N2. The first kappa shape index (κ1) is 16.0. The van der Waals surface area contributed by atoms with E-state index in [1.54, 1.807) is 0 Å². The monoisotopic (exact) mass is 254 g/mol. The molecule has 2 nitrogen and oxygen atoms in total. The van der Waals surface area contributed by atoms with Crippen molar-refractivity contribution in [3.05, 3.63) is 0 Å². The van der Waals surface area contributed by atoms with Gasteiger partial charge in [0, 0.05) is 13.1 Å². The molecular weight excluding hydrogens is 220 g/mol. The molecule has 0 aromatic rings. The fourth-order valence-electron chi connectivity index (χ4n) is 3.01. The lowest BCUT2D eigenvalue weighted by Gasteiger charge is -2.20. The van der Waals surface area contributed by atoms with Gasteiger partial charge in [0.15, 0.2) is 0 Å². The largest absolute Gasteiger partial charge is 0.315 e. The van der Waals surface area contributed by atoms with Crippen LogP contribution in [-0.2, 0) is 0 Å². The smallest absolute Gasteiger partial charge is 0.0107 e. The van der Waals surface area contributed by atoms with Crippen molar-refractivity contribution in [3.63, 3.8) is 0 Å². The van der Waals surface area contributed by atoms with Crippen LogP contribution in [0, 0.1) is 5.92 Å². The highest BCUT2D eigenvalue weighted by Crippen LogP contribution is 2.21. The van der Waals surface area contributed by atoms with Crippen molar-refractivity contribution in [2.45, 2.75) is 65.2 Å². The van der Waals surface area contributed by atoms with Gasteiger partial charge < -0.3 is 10.2 Å². The quantitative estimate of drug-likeness (QED) is 0.632. The summed E-state index contributed by atoms with van der Waals surface area (Å²) in [5.74, 6) is 1.01. The highest BCUT2D eigenvalue weighted by molar-refractivity contribution is 4.70. The highest BCUT2D eigenvalue weighted by Gasteiger charge is 2.15. The van der Waals surface area contributed by atoms with Crippen LogP contribution >= 0.6 is 0 Å². The van der Waals surface area contributed by atoms with E-state index in [-0.39, 0.29) is 0 Å². The summed E-state index contributed by atoms with van der Waals surface area (Å²) in [4.78, 5) is 2.67. The first-order chi connectivity index (χ1) is 8.86. The predicted octanol–water partition coefficient (Wildman–Crippen LogP) is 3.67. The number of nitrogens with one attached hydrogen (secondary N) is 1. The Morgan fingerprint density at radius 2 is 1.89 bits per heavy atom. The Kier molecular flexibility index (Phi) is 9.59. The van der Waals surface area contributed by atoms with Gasteiger partial charge in [0.1, 0.15) is 0 Å². The van der Waals surface area contributed by atoms with Crippen LogP contribution in [0.3, 0.4) is 0 Å². The molecule has 0 radical (unpaired) electrons. The molecule has 1 unspecified atom stereocenters. The lowest BCUT2D eigenvalue weighted by Crippen LogP contribution is -2.33. The Morgan fingerprint density at radius 3 is 2.67 bits per heavy atom. The normalized spacial score (nSPS) is 22.0. The van der Waals surface area contributed by atoms with E-state index in [2.05, 4.69) is 24.1 Å². The number of nitrogens with zero attached hydrogens (tertiary/aromatic N) is 1. The molecule has 1 fully saturated rings. The van der Waals surface area contributed by atoms with E-state index < -0.39 is 0 Å². The molecule has 0 aromatic heterocycles. The zero-order valence-corrected chi connectivity index (χ0v) is 12.7. The van der Waals surface area contributed by atoms with Gasteiger partial charge in [-0.25, -0.2) is 0 Å². The minimum absolute atomic E-state index is 1.01. The summed E-state index contributed by atoms with van der Waals surface area (Å²) in [6.45, 7) is 10.9. The van der Waals surface area contributed by atoms with Gasteiger partial charge in [-0.1, -0.05) is 39.5 Å². The van der Waals surface area contributed by atoms with E-state index in [4.69, 9.17) is 0 Å². The number of hydrogen-bond donors (Lipinski definition) is 1. The summed E-state index contributed by atoms with van der Waals surface area (Å²) >= 11 is 0. The second-order valence-corrected chi connectivity index (χ2v) is 5.88. The van der Waals surface area contributed by atoms with Gasteiger partial charge in [-0.2, -0.15) is 0 Å². The molecule has 18 heavy (non-hydrogen) atoms. The minimum Gasteiger partial charge on any atom is -0.315 e. The zero-order valence-electron chi connectivity index (χ0n) is 12.7. The molecule has 1 N–H and O–H groups in total. The number of hydrogen-bond acceptors (Lipinski definition) is 2. The summed E-state index contributed by atoms with van der Waals surface area (Å²) in [5.41, 5.74) is 0. The third-order valence-electron chi connectivity index (χ3n) is 4.20. The van der Waals surface area contributed by atoms with Crippen molar-refractivity contribution in [1.29, 1.82) is 0 Å². The summed E-state index contributed by atoms with van der Waals surface area (Å²) < 4.78 is 0.